The highest BCUT2D eigenvalue weighted by Gasteiger charge is 2.35. The molecule has 1 aliphatic rings. The highest BCUT2D eigenvalue weighted by Crippen LogP contribution is 2.24. The second-order valence-electron chi connectivity index (χ2n) is 7.07. The normalized spacial score (nSPS) is 16.3. The molecular weight excluding hydrogens is 374 g/mol. The lowest BCUT2D eigenvalue weighted by Gasteiger charge is -2.25. The fourth-order valence-electron chi connectivity index (χ4n) is 3.47. The fourth-order valence-corrected chi connectivity index (χ4v) is 3.67. The molecule has 28 heavy (non-hydrogen) atoms. The Morgan fingerprint density at radius 3 is 2.64 bits per heavy atom. The van der Waals surface area contributed by atoms with Crippen molar-refractivity contribution in [2.75, 3.05) is 25.0 Å². The Balaban J connectivity index is 1.49. The predicted octanol–water partition coefficient (Wildman–Crippen LogP) is 3.47. The molecule has 0 bridgehead atoms. The van der Waals surface area contributed by atoms with Crippen LogP contribution in [0.5, 0.6) is 0 Å². The summed E-state index contributed by atoms with van der Waals surface area (Å²) in [5, 5.41) is 3.61. The van der Waals surface area contributed by atoms with Crippen LogP contribution in [0, 0.1) is 0 Å². The number of nitrogens with one attached hydrogen (secondary N) is 1. The third-order valence-corrected chi connectivity index (χ3v) is 5.46. The topological polar surface area (TPSA) is 52.7 Å². The van der Waals surface area contributed by atoms with Gasteiger partial charge in [0.15, 0.2) is 0 Å². The molecule has 5 nitrogen and oxygen atoms in total. The Kier molecular flexibility index (Phi) is 6.93. The molecule has 1 heterocycles. The van der Waals surface area contributed by atoms with Crippen molar-refractivity contribution in [3.8, 4) is 0 Å². The SMILES string of the molecule is CN(CCCNC(=O)[C@H]1CCC(=O)N1Cc1ccccc1Cl)c1ccccc1. The van der Waals surface area contributed by atoms with Crippen LogP contribution in [0.1, 0.15) is 24.8 Å². The first-order valence-electron chi connectivity index (χ1n) is 9.63. The zero-order chi connectivity index (χ0) is 19.9. The van der Waals surface area contributed by atoms with Gasteiger partial charge in [-0.05, 0) is 36.6 Å². The summed E-state index contributed by atoms with van der Waals surface area (Å²) in [6, 6.07) is 17.2. The van der Waals surface area contributed by atoms with Crippen LogP contribution in [0.25, 0.3) is 0 Å². The molecule has 1 fully saturated rings. The maximum absolute atomic E-state index is 12.6. The van der Waals surface area contributed by atoms with E-state index in [1.807, 2.05) is 43.4 Å². The van der Waals surface area contributed by atoms with Gasteiger partial charge < -0.3 is 15.1 Å². The van der Waals surface area contributed by atoms with Crippen LogP contribution in [0.4, 0.5) is 5.69 Å². The molecule has 2 aromatic carbocycles. The van der Waals surface area contributed by atoms with Gasteiger partial charge in [0.2, 0.25) is 11.8 Å². The summed E-state index contributed by atoms with van der Waals surface area (Å²) >= 11 is 6.22. The van der Waals surface area contributed by atoms with E-state index >= 15 is 0 Å². The van der Waals surface area contributed by atoms with Crippen molar-refractivity contribution in [3.63, 3.8) is 0 Å². The van der Waals surface area contributed by atoms with Gasteiger partial charge in [-0.2, -0.15) is 0 Å². The quantitative estimate of drug-likeness (QED) is 0.691. The third kappa shape index (κ3) is 5.04. The summed E-state index contributed by atoms with van der Waals surface area (Å²) < 4.78 is 0. The van der Waals surface area contributed by atoms with E-state index in [9.17, 15) is 9.59 Å². The number of amides is 2. The summed E-state index contributed by atoms with van der Waals surface area (Å²) in [5.74, 6) is -0.0795. The summed E-state index contributed by atoms with van der Waals surface area (Å²) in [5.41, 5.74) is 2.02. The van der Waals surface area contributed by atoms with E-state index in [1.54, 1.807) is 11.0 Å². The van der Waals surface area contributed by atoms with Gasteiger partial charge in [0, 0.05) is 43.8 Å². The van der Waals surface area contributed by atoms with Gasteiger partial charge in [-0.25, -0.2) is 0 Å². The maximum atomic E-state index is 12.6. The molecule has 0 unspecified atom stereocenters. The minimum Gasteiger partial charge on any atom is -0.375 e. The highest BCUT2D eigenvalue weighted by atomic mass is 35.5. The van der Waals surface area contributed by atoms with Crippen LogP contribution in [-0.2, 0) is 16.1 Å². The Morgan fingerprint density at radius 1 is 1.18 bits per heavy atom. The standard InChI is InChI=1S/C22H26ClN3O2/c1-25(18-9-3-2-4-10-18)15-7-14-24-22(28)20-12-13-21(27)26(20)16-17-8-5-6-11-19(17)23/h2-6,8-11,20H,7,12-16H2,1H3,(H,24,28)/t20-/m1/s1. The van der Waals surface area contributed by atoms with Crippen molar-refractivity contribution < 1.29 is 9.59 Å². The second kappa shape index (κ2) is 9.60. The Hall–Kier alpha value is -2.53. The molecule has 2 amide bonds. The highest BCUT2D eigenvalue weighted by molar-refractivity contribution is 6.31. The number of hydrogen-bond donors (Lipinski definition) is 1. The lowest BCUT2D eigenvalue weighted by molar-refractivity contribution is -0.135. The Bertz CT molecular complexity index is 812. The molecule has 1 saturated heterocycles. The molecular formula is C22H26ClN3O2. The van der Waals surface area contributed by atoms with Crippen LogP contribution in [0.3, 0.4) is 0 Å². The van der Waals surface area contributed by atoms with Gasteiger partial charge in [0.1, 0.15) is 6.04 Å². The number of carbonyl (C=O) groups is 2. The molecule has 0 radical (unpaired) electrons. The van der Waals surface area contributed by atoms with Crippen molar-refractivity contribution in [2.45, 2.75) is 31.8 Å². The largest absolute Gasteiger partial charge is 0.375 e. The smallest absolute Gasteiger partial charge is 0.242 e. The van der Waals surface area contributed by atoms with E-state index in [0.717, 1.165) is 24.2 Å². The van der Waals surface area contributed by atoms with Crippen molar-refractivity contribution in [2.24, 2.45) is 0 Å². The number of nitrogens with zero attached hydrogens (tertiary/aromatic N) is 2. The molecule has 0 aliphatic carbocycles. The molecule has 0 aromatic heterocycles. The molecule has 0 spiro atoms. The van der Waals surface area contributed by atoms with E-state index in [2.05, 4.69) is 22.3 Å². The lowest BCUT2D eigenvalue weighted by Crippen LogP contribution is -2.44. The number of rotatable bonds is 8. The monoisotopic (exact) mass is 399 g/mol. The van der Waals surface area contributed by atoms with E-state index in [4.69, 9.17) is 11.6 Å². The summed E-state index contributed by atoms with van der Waals surface area (Å²) in [6.45, 7) is 1.80. The summed E-state index contributed by atoms with van der Waals surface area (Å²) in [7, 11) is 2.04. The molecule has 1 N–H and O–H groups in total. The number of para-hydroxylation sites is 1. The van der Waals surface area contributed by atoms with E-state index in [-0.39, 0.29) is 11.8 Å². The molecule has 1 atom stereocenters. The zero-order valence-electron chi connectivity index (χ0n) is 16.1. The number of likely N-dealkylation sites (tertiary alicyclic amines) is 1. The first-order chi connectivity index (χ1) is 13.6. The van der Waals surface area contributed by atoms with Crippen molar-refractivity contribution in [3.05, 3.63) is 65.2 Å². The van der Waals surface area contributed by atoms with E-state index in [0.29, 0.717) is 31.0 Å². The predicted molar refractivity (Wildman–Crippen MR) is 112 cm³/mol. The summed E-state index contributed by atoms with van der Waals surface area (Å²) in [6.07, 6.45) is 1.79. The average Bonchev–Trinajstić information content (AvgIpc) is 3.08. The van der Waals surface area contributed by atoms with E-state index in [1.165, 1.54) is 0 Å². The lowest BCUT2D eigenvalue weighted by atomic mass is 10.1. The van der Waals surface area contributed by atoms with Crippen LogP contribution >= 0.6 is 11.6 Å². The van der Waals surface area contributed by atoms with Crippen molar-refractivity contribution >= 4 is 29.1 Å². The minimum absolute atomic E-state index is 0.00359. The van der Waals surface area contributed by atoms with Crippen LogP contribution in [-0.4, -0.2) is 42.9 Å². The molecule has 3 rings (SSSR count). The Labute approximate surface area is 171 Å². The molecule has 6 heteroatoms. The number of anilines is 1. The first-order valence-corrected chi connectivity index (χ1v) is 10.0. The van der Waals surface area contributed by atoms with Gasteiger partial charge in [0.05, 0.1) is 0 Å². The number of halogens is 1. The number of hydrogen-bond acceptors (Lipinski definition) is 3. The third-order valence-electron chi connectivity index (χ3n) is 5.10. The maximum Gasteiger partial charge on any atom is 0.242 e. The minimum atomic E-state index is -0.421. The van der Waals surface area contributed by atoms with Gasteiger partial charge in [0.25, 0.3) is 0 Å². The number of carbonyl (C=O) groups excluding carboxylic acids is 2. The fraction of sp³-hybridized carbons (Fsp3) is 0.364. The molecule has 1 aliphatic heterocycles. The molecule has 0 saturated carbocycles. The van der Waals surface area contributed by atoms with Gasteiger partial charge in [-0.1, -0.05) is 48.0 Å². The average molecular weight is 400 g/mol. The second-order valence-corrected chi connectivity index (χ2v) is 7.48. The van der Waals surface area contributed by atoms with Crippen LogP contribution in [0.2, 0.25) is 5.02 Å². The van der Waals surface area contributed by atoms with Crippen LogP contribution in [0.15, 0.2) is 54.6 Å². The molecule has 2 aromatic rings. The number of benzene rings is 2. The molecule has 148 valence electrons. The zero-order valence-corrected chi connectivity index (χ0v) is 16.9. The van der Waals surface area contributed by atoms with Crippen molar-refractivity contribution in [1.82, 2.24) is 10.2 Å². The Morgan fingerprint density at radius 2 is 1.89 bits per heavy atom. The van der Waals surface area contributed by atoms with E-state index < -0.39 is 6.04 Å². The van der Waals surface area contributed by atoms with Crippen LogP contribution < -0.4 is 10.2 Å². The van der Waals surface area contributed by atoms with Gasteiger partial charge in [-0.15, -0.1) is 0 Å². The van der Waals surface area contributed by atoms with Gasteiger partial charge in [-0.3, -0.25) is 9.59 Å². The summed E-state index contributed by atoms with van der Waals surface area (Å²) in [4.78, 5) is 28.7. The first kappa shape index (κ1) is 20.2. The van der Waals surface area contributed by atoms with Gasteiger partial charge >= 0.3 is 0 Å². The van der Waals surface area contributed by atoms with Crippen molar-refractivity contribution in [1.29, 1.82) is 0 Å².